The van der Waals surface area contributed by atoms with Crippen molar-refractivity contribution in [2.75, 3.05) is 7.11 Å². The zero-order chi connectivity index (χ0) is 12.4. The fourth-order valence-electron chi connectivity index (χ4n) is 1.64. The molecule has 2 aromatic rings. The number of ether oxygens (including phenoxy) is 1. The van der Waals surface area contributed by atoms with E-state index in [9.17, 15) is 0 Å². The van der Waals surface area contributed by atoms with Crippen LogP contribution in [0.1, 0.15) is 23.4 Å². The Morgan fingerprint density at radius 3 is 2.71 bits per heavy atom. The van der Waals surface area contributed by atoms with Gasteiger partial charge < -0.3 is 10.5 Å². The predicted molar refractivity (Wildman–Crippen MR) is 71.4 cm³/mol. The summed E-state index contributed by atoms with van der Waals surface area (Å²) in [5.74, 6) is 0.901. The predicted octanol–water partition coefficient (Wildman–Crippen LogP) is 3.15. The second kappa shape index (κ2) is 4.85. The quantitative estimate of drug-likeness (QED) is 0.907. The Labute approximate surface area is 105 Å². The normalized spacial score (nSPS) is 12.5. The Kier molecular flexibility index (Phi) is 3.45. The monoisotopic (exact) mass is 248 g/mol. The molecule has 0 fully saturated rings. The summed E-state index contributed by atoms with van der Waals surface area (Å²) in [5.41, 5.74) is 8.06. The van der Waals surface area contributed by atoms with Gasteiger partial charge in [0.2, 0.25) is 0 Å². The molecule has 0 radical (unpaired) electrons. The first-order chi connectivity index (χ1) is 8.11. The first-order valence-corrected chi connectivity index (χ1v) is 6.29. The third-order valence-corrected chi connectivity index (χ3v) is 3.86. The van der Waals surface area contributed by atoms with Gasteiger partial charge in [-0.1, -0.05) is 0 Å². The molecule has 0 saturated carbocycles. The van der Waals surface area contributed by atoms with E-state index in [4.69, 9.17) is 10.5 Å². The van der Waals surface area contributed by atoms with Crippen LogP contribution in [0.4, 0.5) is 0 Å². The molecule has 0 aliphatic heterocycles. The van der Waals surface area contributed by atoms with Gasteiger partial charge in [0.05, 0.1) is 7.11 Å². The SMILES string of the molecule is COc1ccc(-c2ncc(C(C)N)s2)cc1C. The van der Waals surface area contributed by atoms with Gasteiger partial charge in [0, 0.05) is 22.7 Å². The van der Waals surface area contributed by atoms with E-state index in [2.05, 4.69) is 11.1 Å². The van der Waals surface area contributed by atoms with Gasteiger partial charge in [0.1, 0.15) is 10.8 Å². The molecule has 1 aromatic carbocycles. The van der Waals surface area contributed by atoms with Crippen LogP contribution in [-0.4, -0.2) is 12.1 Å². The first-order valence-electron chi connectivity index (χ1n) is 5.48. The Bertz CT molecular complexity index is 520. The van der Waals surface area contributed by atoms with Crippen molar-refractivity contribution in [3.05, 3.63) is 34.8 Å². The standard InChI is InChI=1S/C13H16N2OS/c1-8-6-10(4-5-11(8)16-3)13-15-7-12(17-13)9(2)14/h4-7,9H,14H2,1-3H3. The Morgan fingerprint density at radius 1 is 1.41 bits per heavy atom. The number of methoxy groups -OCH3 is 1. The summed E-state index contributed by atoms with van der Waals surface area (Å²) in [7, 11) is 1.68. The third-order valence-electron chi connectivity index (χ3n) is 2.61. The minimum atomic E-state index is 0.0422. The van der Waals surface area contributed by atoms with Crippen LogP contribution in [0.3, 0.4) is 0 Å². The summed E-state index contributed by atoms with van der Waals surface area (Å²) in [6.45, 7) is 4.00. The van der Waals surface area contributed by atoms with Crippen LogP contribution in [0, 0.1) is 6.92 Å². The molecule has 0 amide bonds. The van der Waals surface area contributed by atoms with E-state index in [1.807, 2.05) is 32.2 Å². The Balaban J connectivity index is 2.36. The molecular formula is C13H16N2OS. The molecular weight excluding hydrogens is 232 g/mol. The van der Waals surface area contributed by atoms with Crippen LogP contribution in [0.15, 0.2) is 24.4 Å². The van der Waals surface area contributed by atoms with E-state index in [0.717, 1.165) is 26.8 Å². The highest BCUT2D eigenvalue weighted by Crippen LogP contribution is 2.30. The van der Waals surface area contributed by atoms with E-state index in [1.165, 1.54) is 0 Å². The number of nitrogens with two attached hydrogens (primary N) is 1. The molecule has 2 N–H and O–H groups in total. The van der Waals surface area contributed by atoms with Gasteiger partial charge in [0.25, 0.3) is 0 Å². The maximum atomic E-state index is 5.83. The maximum absolute atomic E-state index is 5.83. The zero-order valence-corrected chi connectivity index (χ0v) is 11.0. The van der Waals surface area contributed by atoms with Crippen molar-refractivity contribution in [2.24, 2.45) is 5.73 Å². The smallest absolute Gasteiger partial charge is 0.123 e. The first kappa shape index (κ1) is 12.1. The molecule has 90 valence electrons. The second-order valence-electron chi connectivity index (χ2n) is 4.04. The molecule has 17 heavy (non-hydrogen) atoms. The van der Waals surface area contributed by atoms with Crippen molar-refractivity contribution in [3.63, 3.8) is 0 Å². The molecule has 1 heterocycles. The molecule has 0 aliphatic carbocycles. The number of hydrogen-bond donors (Lipinski definition) is 1. The molecule has 0 bridgehead atoms. The van der Waals surface area contributed by atoms with Gasteiger partial charge in [-0.3, -0.25) is 0 Å². The maximum Gasteiger partial charge on any atom is 0.123 e. The minimum absolute atomic E-state index is 0.0422. The zero-order valence-electron chi connectivity index (χ0n) is 10.2. The fraction of sp³-hybridized carbons (Fsp3) is 0.308. The highest BCUT2D eigenvalue weighted by Gasteiger charge is 2.09. The van der Waals surface area contributed by atoms with Crippen molar-refractivity contribution in [2.45, 2.75) is 19.9 Å². The number of aromatic nitrogens is 1. The van der Waals surface area contributed by atoms with Gasteiger partial charge in [-0.25, -0.2) is 4.98 Å². The number of hydrogen-bond acceptors (Lipinski definition) is 4. The lowest BCUT2D eigenvalue weighted by Crippen LogP contribution is -2.01. The number of aryl methyl sites for hydroxylation is 1. The van der Waals surface area contributed by atoms with E-state index in [1.54, 1.807) is 18.4 Å². The molecule has 1 aromatic heterocycles. The molecule has 3 nitrogen and oxygen atoms in total. The number of benzene rings is 1. The van der Waals surface area contributed by atoms with Gasteiger partial charge in [-0.05, 0) is 37.6 Å². The number of rotatable bonds is 3. The minimum Gasteiger partial charge on any atom is -0.496 e. The average molecular weight is 248 g/mol. The van der Waals surface area contributed by atoms with Crippen molar-refractivity contribution < 1.29 is 4.74 Å². The van der Waals surface area contributed by atoms with Crippen LogP contribution in [0.25, 0.3) is 10.6 Å². The lowest BCUT2D eigenvalue weighted by Gasteiger charge is -2.05. The van der Waals surface area contributed by atoms with Gasteiger partial charge >= 0.3 is 0 Å². The van der Waals surface area contributed by atoms with E-state index >= 15 is 0 Å². The fourth-order valence-corrected chi connectivity index (χ4v) is 2.51. The van der Waals surface area contributed by atoms with Crippen LogP contribution >= 0.6 is 11.3 Å². The summed E-state index contributed by atoms with van der Waals surface area (Å²) in [5, 5.41) is 1.00. The van der Waals surface area contributed by atoms with E-state index in [-0.39, 0.29) is 6.04 Å². The van der Waals surface area contributed by atoms with Crippen LogP contribution in [-0.2, 0) is 0 Å². The van der Waals surface area contributed by atoms with Gasteiger partial charge in [-0.2, -0.15) is 0 Å². The second-order valence-corrected chi connectivity index (χ2v) is 5.10. The van der Waals surface area contributed by atoms with Crippen molar-refractivity contribution in [1.82, 2.24) is 4.98 Å². The van der Waals surface area contributed by atoms with Crippen LogP contribution in [0.2, 0.25) is 0 Å². The summed E-state index contributed by atoms with van der Waals surface area (Å²) < 4.78 is 5.24. The average Bonchev–Trinajstić information content (AvgIpc) is 2.78. The summed E-state index contributed by atoms with van der Waals surface area (Å²) in [6, 6.07) is 6.12. The highest BCUT2D eigenvalue weighted by atomic mass is 32.1. The number of thiazole rings is 1. The Morgan fingerprint density at radius 2 is 2.18 bits per heavy atom. The van der Waals surface area contributed by atoms with Gasteiger partial charge in [0.15, 0.2) is 0 Å². The molecule has 1 atom stereocenters. The Hall–Kier alpha value is -1.39. The van der Waals surface area contributed by atoms with Gasteiger partial charge in [-0.15, -0.1) is 11.3 Å². The lowest BCUT2D eigenvalue weighted by molar-refractivity contribution is 0.412. The molecule has 0 spiro atoms. The van der Waals surface area contributed by atoms with Crippen molar-refractivity contribution >= 4 is 11.3 Å². The summed E-state index contributed by atoms with van der Waals surface area (Å²) in [6.07, 6.45) is 1.85. The summed E-state index contributed by atoms with van der Waals surface area (Å²) in [4.78, 5) is 5.51. The molecule has 1 unspecified atom stereocenters. The van der Waals surface area contributed by atoms with E-state index < -0.39 is 0 Å². The topological polar surface area (TPSA) is 48.1 Å². The van der Waals surface area contributed by atoms with Crippen molar-refractivity contribution in [3.8, 4) is 16.3 Å². The molecule has 0 aliphatic rings. The van der Waals surface area contributed by atoms with Crippen LogP contribution < -0.4 is 10.5 Å². The lowest BCUT2D eigenvalue weighted by atomic mass is 10.1. The largest absolute Gasteiger partial charge is 0.496 e. The van der Waals surface area contributed by atoms with E-state index in [0.29, 0.717) is 0 Å². The molecule has 2 rings (SSSR count). The number of nitrogens with zero attached hydrogens (tertiary/aromatic N) is 1. The van der Waals surface area contributed by atoms with Crippen molar-refractivity contribution in [1.29, 1.82) is 0 Å². The highest BCUT2D eigenvalue weighted by molar-refractivity contribution is 7.15. The van der Waals surface area contributed by atoms with Crippen LogP contribution in [0.5, 0.6) is 5.75 Å². The molecule has 0 saturated heterocycles. The molecule has 4 heteroatoms. The third kappa shape index (κ3) is 2.48. The summed E-state index contributed by atoms with van der Waals surface area (Å²) >= 11 is 1.64.